The average Bonchev–Trinajstić information content (AvgIpc) is 2.71. The van der Waals surface area contributed by atoms with Crippen molar-refractivity contribution in [2.45, 2.75) is 12.8 Å². The molecule has 1 heterocycles. The summed E-state index contributed by atoms with van der Waals surface area (Å²) in [6.07, 6.45) is 1.13. The number of hydrogen-bond acceptors (Lipinski definition) is 4. The van der Waals surface area contributed by atoms with Gasteiger partial charge in [-0.25, -0.2) is 0 Å². The van der Waals surface area contributed by atoms with Crippen LogP contribution in [0.5, 0.6) is 17.2 Å². The van der Waals surface area contributed by atoms with E-state index in [1.54, 1.807) is 13.2 Å². The van der Waals surface area contributed by atoms with Crippen LogP contribution in [0.4, 0.5) is 0 Å². The first-order chi connectivity index (χ1) is 7.35. The molecule has 4 nitrogen and oxygen atoms in total. The lowest BCUT2D eigenvalue weighted by Crippen LogP contribution is -1.92. The monoisotopic (exact) mass is 205 g/mol. The minimum atomic E-state index is 0.250. The molecule has 0 aliphatic carbocycles. The fourth-order valence-corrected chi connectivity index (χ4v) is 1.54. The number of ether oxygens (including phenoxy) is 3. The standard InChI is InChI=1S/C11H11NO3/c1-13-9-6-11-10(14-7-15-11)5-8(9)3-2-4-12/h5-6H,2-3,7H2,1H3. The number of methoxy groups -OCH3 is 1. The molecule has 0 unspecified atom stereocenters. The zero-order valence-electron chi connectivity index (χ0n) is 8.45. The van der Waals surface area contributed by atoms with Crippen LogP contribution >= 0.6 is 0 Å². The Hall–Kier alpha value is -1.89. The summed E-state index contributed by atoms with van der Waals surface area (Å²) in [6, 6.07) is 5.78. The van der Waals surface area contributed by atoms with E-state index in [-0.39, 0.29) is 6.79 Å². The van der Waals surface area contributed by atoms with Gasteiger partial charge in [-0.05, 0) is 18.1 Å². The highest BCUT2D eigenvalue weighted by Gasteiger charge is 2.17. The Kier molecular flexibility index (Phi) is 2.64. The van der Waals surface area contributed by atoms with Gasteiger partial charge in [-0.15, -0.1) is 0 Å². The molecular weight excluding hydrogens is 194 g/mol. The third-order valence-electron chi connectivity index (χ3n) is 2.28. The highest BCUT2D eigenvalue weighted by molar-refractivity contribution is 5.51. The number of fused-ring (bicyclic) bond motifs is 1. The Labute approximate surface area is 88.0 Å². The van der Waals surface area contributed by atoms with Crippen LogP contribution in [-0.4, -0.2) is 13.9 Å². The number of aryl methyl sites for hydroxylation is 1. The van der Waals surface area contributed by atoms with Crippen LogP contribution in [0.1, 0.15) is 12.0 Å². The molecule has 1 aromatic rings. The second-order valence-electron chi connectivity index (χ2n) is 3.18. The lowest BCUT2D eigenvalue weighted by molar-refractivity contribution is 0.174. The van der Waals surface area contributed by atoms with Crippen molar-refractivity contribution >= 4 is 0 Å². The first kappa shape index (κ1) is 9.66. The molecule has 0 spiro atoms. The molecule has 0 atom stereocenters. The molecule has 0 radical (unpaired) electrons. The van der Waals surface area contributed by atoms with E-state index < -0.39 is 0 Å². The van der Waals surface area contributed by atoms with Crippen molar-refractivity contribution in [3.05, 3.63) is 17.7 Å². The predicted octanol–water partition coefficient (Wildman–Crippen LogP) is 1.88. The summed E-state index contributed by atoms with van der Waals surface area (Å²) in [5.74, 6) is 2.17. The molecule has 0 saturated carbocycles. The van der Waals surface area contributed by atoms with Gasteiger partial charge in [0, 0.05) is 12.5 Å². The molecule has 0 fully saturated rings. The number of benzene rings is 1. The van der Waals surface area contributed by atoms with E-state index in [4.69, 9.17) is 19.5 Å². The van der Waals surface area contributed by atoms with Gasteiger partial charge in [-0.3, -0.25) is 0 Å². The Bertz CT molecular complexity index is 409. The Morgan fingerprint density at radius 2 is 2.13 bits per heavy atom. The molecule has 0 aromatic heterocycles. The Morgan fingerprint density at radius 3 is 2.80 bits per heavy atom. The lowest BCUT2D eigenvalue weighted by Gasteiger charge is -2.08. The summed E-state index contributed by atoms with van der Waals surface area (Å²) < 4.78 is 15.7. The molecule has 0 bridgehead atoms. The van der Waals surface area contributed by atoms with Gasteiger partial charge in [0.1, 0.15) is 5.75 Å². The minimum Gasteiger partial charge on any atom is -0.496 e. The maximum atomic E-state index is 8.54. The van der Waals surface area contributed by atoms with E-state index in [1.807, 2.05) is 6.07 Å². The SMILES string of the molecule is COc1cc2c(cc1CCC#N)OCO2. The van der Waals surface area contributed by atoms with E-state index in [0.29, 0.717) is 18.6 Å². The maximum Gasteiger partial charge on any atom is 0.231 e. The van der Waals surface area contributed by atoms with E-state index in [0.717, 1.165) is 17.1 Å². The smallest absolute Gasteiger partial charge is 0.231 e. The topological polar surface area (TPSA) is 51.5 Å². The average molecular weight is 205 g/mol. The number of hydrogen-bond donors (Lipinski definition) is 0. The van der Waals surface area contributed by atoms with Gasteiger partial charge in [0.2, 0.25) is 6.79 Å². The summed E-state index contributed by atoms with van der Waals surface area (Å²) >= 11 is 0. The van der Waals surface area contributed by atoms with Crippen LogP contribution in [0, 0.1) is 11.3 Å². The van der Waals surface area contributed by atoms with Crippen molar-refractivity contribution in [3.8, 4) is 23.3 Å². The van der Waals surface area contributed by atoms with Gasteiger partial charge in [-0.2, -0.15) is 5.26 Å². The molecule has 4 heteroatoms. The number of nitriles is 1. The highest BCUT2D eigenvalue weighted by Crippen LogP contribution is 2.38. The molecule has 15 heavy (non-hydrogen) atoms. The lowest BCUT2D eigenvalue weighted by atomic mass is 10.1. The first-order valence-electron chi connectivity index (χ1n) is 4.68. The summed E-state index contributed by atoms with van der Waals surface area (Å²) in [6.45, 7) is 0.250. The van der Waals surface area contributed by atoms with E-state index in [2.05, 4.69) is 6.07 Å². The molecule has 0 amide bonds. The molecule has 0 N–H and O–H groups in total. The molecule has 1 aliphatic heterocycles. The molecule has 1 aliphatic rings. The second kappa shape index (κ2) is 4.09. The summed E-state index contributed by atoms with van der Waals surface area (Å²) in [5.41, 5.74) is 0.975. The van der Waals surface area contributed by atoms with Crippen molar-refractivity contribution in [2.75, 3.05) is 13.9 Å². The summed E-state index contributed by atoms with van der Waals surface area (Å²) in [7, 11) is 1.60. The van der Waals surface area contributed by atoms with Crippen LogP contribution in [0.15, 0.2) is 12.1 Å². The van der Waals surface area contributed by atoms with Gasteiger partial charge < -0.3 is 14.2 Å². The van der Waals surface area contributed by atoms with Crippen LogP contribution in [0.2, 0.25) is 0 Å². The zero-order valence-corrected chi connectivity index (χ0v) is 8.45. The van der Waals surface area contributed by atoms with E-state index >= 15 is 0 Å². The van der Waals surface area contributed by atoms with Gasteiger partial charge in [0.05, 0.1) is 13.2 Å². The highest BCUT2D eigenvalue weighted by atomic mass is 16.7. The van der Waals surface area contributed by atoms with Crippen molar-refractivity contribution in [1.29, 1.82) is 5.26 Å². The third kappa shape index (κ3) is 1.82. The normalized spacial score (nSPS) is 12.3. The first-order valence-corrected chi connectivity index (χ1v) is 4.68. The van der Waals surface area contributed by atoms with Gasteiger partial charge in [0.15, 0.2) is 11.5 Å². The van der Waals surface area contributed by atoms with Gasteiger partial charge >= 0.3 is 0 Å². The van der Waals surface area contributed by atoms with E-state index in [1.165, 1.54) is 0 Å². The number of nitrogens with zero attached hydrogens (tertiary/aromatic N) is 1. The molecule has 78 valence electrons. The van der Waals surface area contributed by atoms with Crippen LogP contribution in [0.25, 0.3) is 0 Å². The number of rotatable bonds is 3. The van der Waals surface area contributed by atoms with Gasteiger partial charge in [0.25, 0.3) is 0 Å². The molecule has 0 saturated heterocycles. The van der Waals surface area contributed by atoms with Crippen LogP contribution in [-0.2, 0) is 6.42 Å². The fraction of sp³-hybridized carbons (Fsp3) is 0.364. The largest absolute Gasteiger partial charge is 0.496 e. The quantitative estimate of drug-likeness (QED) is 0.756. The van der Waals surface area contributed by atoms with Crippen molar-refractivity contribution in [3.63, 3.8) is 0 Å². The minimum absolute atomic E-state index is 0.250. The zero-order chi connectivity index (χ0) is 10.7. The summed E-state index contributed by atoms with van der Waals surface area (Å²) in [4.78, 5) is 0. The molecule has 2 rings (SSSR count). The Balaban J connectivity index is 2.32. The molecular formula is C11H11NO3. The third-order valence-corrected chi connectivity index (χ3v) is 2.28. The van der Waals surface area contributed by atoms with Crippen molar-refractivity contribution in [1.82, 2.24) is 0 Å². The predicted molar refractivity (Wildman–Crippen MR) is 53.1 cm³/mol. The van der Waals surface area contributed by atoms with Crippen molar-refractivity contribution in [2.24, 2.45) is 0 Å². The summed E-state index contributed by atoms with van der Waals surface area (Å²) in [5, 5.41) is 8.54. The van der Waals surface area contributed by atoms with Crippen LogP contribution < -0.4 is 14.2 Å². The Morgan fingerprint density at radius 1 is 1.40 bits per heavy atom. The van der Waals surface area contributed by atoms with Crippen molar-refractivity contribution < 1.29 is 14.2 Å². The van der Waals surface area contributed by atoms with Crippen LogP contribution in [0.3, 0.4) is 0 Å². The second-order valence-corrected chi connectivity index (χ2v) is 3.18. The fourth-order valence-electron chi connectivity index (χ4n) is 1.54. The van der Waals surface area contributed by atoms with E-state index in [9.17, 15) is 0 Å². The molecule has 1 aromatic carbocycles. The maximum absolute atomic E-state index is 8.54. The van der Waals surface area contributed by atoms with Gasteiger partial charge in [-0.1, -0.05) is 0 Å².